The molecule has 3 aromatic rings. The van der Waals surface area contributed by atoms with Crippen LogP contribution in [0.1, 0.15) is 11.1 Å². The third-order valence-corrected chi connectivity index (χ3v) is 6.48. The zero-order valence-electron chi connectivity index (χ0n) is 18.2. The van der Waals surface area contributed by atoms with Crippen LogP contribution in [0.2, 0.25) is 0 Å². The molecule has 0 saturated carbocycles. The molecule has 0 bridgehead atoms. The summed E-state index contributed by atoms with van der Waals surface area (Å²) in [5.41, 5.74) is 3.05. The van der Waals surface area contributed by atoms with Gasteiger partial charge in [0, 0.05) is 43.3 Å². The molecule has 7 heteroatoms. The van der Waals surface area contributed by atoms with Gasteiger partial charge in [0.1, 0.15) is 18.1 Å². The predicted octanol–water partition coefficient (Wildman–Crippen LogP) is 2.64. The highest BCUT2D eigenvalue weighted by Crippen LogP contribution is 2.31. The number of amides is 2. The Morgan fingerprint density at radius 1 is 1.09 bits per heavy atom. The Hall–Kier alpha value is -3.48. The van der Waals surface area contributed by atoms with Crippen molar-refractivity contribution in [1.82, 2.24) is 14.8 Å². The third-order valence-electron chi connectivity index (χ3n) is 6.48. The second-order valence-electron chi connectivity index (χ2n) is 8.43. The summed E-state index contributed by atoms with van der Waals surface area (Å²) in [4.78, 5) is 32.9. The van der Waals surface area contributed by atoms with E-state index < -0.39 is 0 Å². The first kappa shape index (κ1) is 20.4. The zero-order valence-corrected chi connectivity index (χ0v) is 18.2. The summed E-state index contributed by atoms with van der Waals surface area (Å²) in [6.07, 6.45) is 2.93. The molecule has 32 heavy (non-hydrogen) atoms. The van der Waals surface area contributed by atoms with Crippen LogP contribution < -0.4 is 9.47 Å². The molecular formula is C25H27N3O4. The van der Waals surface area contributed by atoms with E-state index in [9.17, 15) is 9.59 Å². The minimum absolute atomic E-state index is 0.0993. The monoisotopic (exact) mass is 433 g/mol. The lowest BCUT2D eigenvalue weighted by Crippen LogP contribution is -2.53. The van der Waals surface area contributed by atoms with E-state index in [4.69, 9.17) is 9.47 Å². The number of hydrogen-bond acceptors (Lipinski definition) is 4. The summed E-state index contributed by atoms with van der Waals surface area (Å²) in [5, 5.41) is 1.09. The Bertz CT molecular complexity index is 1150. The molecule has 0 aliphatic carbocycles. The number of nitrogens with one attached hydrogen (secondary N) is 1. The van der Waals surface area contributed by atoms with Gasteiger partial charge in [-0.1, -0.05) is 18.2 Å². The molecule has 0 spiro atoms. The van der Waals surface area contributed by atoms with Crippen LogP contribution in [-0.2, 0) is 22.4 Å². The first-order valence-electron chi connectivity index (χ1n) is 11.0. The van der Waals surface area contributed by atoms with E-state index in [2.05, 4.69) is 4.98 Å². The summed E-state index contributed by atoms with van der Waals surface area (Å²) in [6.45, 7) is 2.62. The van der Waals surface area contributed by atoms with Crippen LogP contribution in [0.5, 0.6) is 11.5 Å². The first-order valence-corrected chi connectivity index (χ1v) is 11.0. The van der Waals surface area contributed by atoms with Gasteiger partial charge in [-0.05, 0) is 41.8 Å². The highest BCUT2D eigenvalue weighted by Gasteiger charge is 2.32. The Morgan fingerprint density at radius 2 is 1.88 bits per heavy atom. The van der Waals surface area contributed by atoms with Crippen LogP contribution >= 0.6 is 0 Å². The molecule has 2 amide bonds. The Morgan fingerprint density at radius 3 is 2.69 bits per heavy atom. The fourth-order valence-corrected chi connectivity index (χ4v) is 4.64. The number of aromatic nitrogens is 1. The normalized spacial score (nSPS) is 18.2. The highest BCUT2D eigenvalue weighted by atomic mass is 16.5. The van der Waals surface area contributed by atoms with Crippen LogP contribution in [0.15, 0.2) is 48.7 Å². The van der Waals surface area contributed by atoms with Crippen LogP contribution in [0, 0.1) is 5.92 Å². The molecule has 0 radical (unpaired) electrons. The number of benzene rings is 2. The van der Waals surface area contributed by atoms with Crippen molar-refractivity contribution in [2.45, 2.75) is 12.8 Å². The van der Waals surface area contributed by atoms with Crippen molar-refractivity contribution in [2.24, 2.45) is 5.92 Å². The molecule has 5 rings (SSSR count). The summed E-state index contributed by atoms with van der Waals surface area (Å²) < 4.78 is 11.1. The Kier molecular flexibility index (Phi) is 5.47. The maximum absolute atomic E-state index is 13.1. The molecule has 2 aliphatic heterocycles. The van der Waals surface area contributed by atoms with Crippen molar-refractivity contribution in [2.75, 3.05) is 39.9 Å². The largest absolute Gasteiger partial charge is 0.497 e. The minimum Gasteiger partial charge on any atom is -0.497 e. The average molecular weight is 434 g/mol. The van der Waals surface area contributed by atoms with E-state index in [0.717, 1.165) is 33.5 Å². The number of nitrogens with zero attached hydrogens (tertiary/aromatic N) is 2. The number of piperazine rings is 1. The van der Waals surface area contributed by atoms with Crippen molar-refractivity contribution in [3.63, 3.8) is 0 Å². The van der Waals surface area contributed by atoms with Crippen molar-refractivity contribution < 1.29 is 19.1 Å². The maximum Gasteiger partial charge on any atom is 0.229 e. The van der Waals surface area contributed by atoms with Gasteiger partial charge in [-0.2, -0.15) is 0 Å². The number of hydrogen-bond donors (Lipinski definition) is 1. The molecule has 7 nitrogen and oxygen atoms in total. The molecule has 1 N–H and O–H groups in total. The third kappa shape index (κ3) is 3.90. The fraction of sp³-hybridized carbons (Fsp3) is 0.360. The van der Waals surface area contributed by atoms with Crippen molar-refractivity contribution in [3.05, 3.63) is 59.8 Å². The molecular weight excluding hydrogens is 406 g/mol. The van der Waals surface area contributed by atoms with Gasteiger partial charge in [0.15, 0.2) is 0 Å². The number of fused-ring (bicyclic) bond motifs is 2. The van der Waals surface area contributed by atoms with Crippen molar-refractivity contribution in [3.8, 4) is 11.5 Å². The van der Waals surface area contributed by atoms with Crippen molar-refractivity contribution in [1.29, 1.82) is 0 Å². The van der Waals surface area contributed by atoms with Gasteiger partial charge < -0.3 is 24.3 Å². The molecule has 3 heterocycles. The second-order valence-corrected chi connectivity index (χ2v) is 8.43. The van der Waals surface area contributed by atoms with Gasteiger partial charge in [0.05, 0.1) is 19.4 Å². The summed E-state index contributed by atoms with van der Waals surface area (Å²) in [6, 6.07) is 13.7. The van der Waals surface area contributed by atoms with Crippen LogP contribution in [0.4, 0.5) is 0 Å². The van der Waals surface area contributed by atoms with Crippen LogP contribution in [-0.4, -0.2) is 66.5 Å². The zero-order chi connectivity index (χ0) is 22.1. The SMILES string of the molecule is COc1ccc2c(c1)CC(C(=O)N1CCN(C(=O)Cc3c[nH]c4ccccc34)CC1)CO2. The quantitative estimate of drug-likeness (QED) is 0.687. The Balaban J connectivity index is 1.17. The summed E-state index contributed by atoms with van der Waals surface area (Å²) in [7, 11) is 1.63. The van der Waals surface area contributed by atoms with Gasteiger partial charge in [-0.15, -0.1) is 0 Å². The number of rotatable bonds is 4. The predicted molar refractivity (Wildman–Crippen MR) is 121 cm³/mol. The van der Waals surface area contributed by atoms with Gasteiger partial charge in [0.25, 0.3) is 0 Å². The molecule has 1 fully saturated rings. The lowest BCUT2D eigenvalue weighted by molar-refractivity contribution is -0.142. The Labute approximate surface area is 186 Å². The van der Waals surface area contributed by atoms with Gasteiger partial charge in [-0.25, -0.2) is 0 Å². The standard InChI is InChI=1S/C25H27N3O4/c1-31-20-6-7-23-17(13-20)12-19(16-32-23)25(30)28-10-8-27(9-11-28)24(29)14-18-15-26-22-5-3-2-4-21(18)22/h2-7,13,15,19,26H,8-12,14,16H2,1H3. The number of H-pyrrole nitrogens is 1. The number of para-hydroxylation sites is 1. The highest BCUT2D eigenvalue weighted by molar-refractivity contribution is 5.89. The van der Waals surface area contributed by atoms with E-state index in [1.165, 1.54) is 0 Å². The topological polar surface area (TPSA) is 74.9 Å². The fourth-order valence-electron chi connectivity index (χ4n) is 4.64. The molecule has 1 saturated heterocycles. The average Bonchev–Trinajstić information content (AvgIpc) is 3.25. The molecule has 166 valence electrons. The number of carbonyl (C=O) groups excluding carboxylic acids is 2. The molecule has 2 aliphatic rings. The molecule has 1 atom stereocenters. The molecule has 1 aromatic heterocycles. The summed E-state index contributed by atoms with van der Waals surface area (Å²) >= 11 is 0. The summed E-state index contributed by atoms with van der Waals surface area (Å²) in [5.74, 6) is 1.58. The number of ether oxygens (including phenoxy) is 2. The second kappa shape index (κ2) is 8.57. The van der Waals surface area contributed by atoms with E-state index in [-0.39, 0.29) is 17.7 Å². The smallest absolute Gasteiger partial charge is 0.229 e. The van der Waals surface area contributed by atoms with Gasteiger partial charge in [0.2, 0.25) is 11.8 Å². The lowest BCUT2D eigenvalue weighted by atomic mass is 9.95. The molecule has 2 aromatic carbocycles. The van der Waals surface area contributed by atoms with Crippen LogP contribution in [0.25, 0.3) is 10.9 Å². The van der Waals surface area contributed by atoms with Gasteiger partial charge in [-0.3, -0.25) is 9.59 Å². The van der Waals surface area contributed by atoms with Gasteiger partial charge >= 0.3 is 0 Å². The lowest BCUT2D eigenvalue weighted by Gasteiger charge is -2.37. The maximum atomic E-state index is 13.1. The number of carbonyl (C=O) groups is 2. The van der Waals surface area contributed by atoms with E-state index in [1.807, 2.05) is 58.5 Å². The number of methoxy groups -OCH3 is 1. The van der Waals surface area contributed by atoms with Crippen molar-refractivity contribution >= 4 is 22.7 Å². The number of aromatic amines is 1. The van der Waals surface area contributed by atoms with Crippen LogP contribution in [0.3, 0.4) is 0 Å². The minimum atomic E-state index is -0.205. The molecule has 1 unspecified atom stereocenters. The van der Waals surface area contributed by atoms with E-state index in [1.54, 1.807) is 7.11 Å². The first-order chi connectivity index (χ1) is 15.6. The van der Waals surface area contributed by atoms with E-state index >= 15 is 0 Å². The van der Waals surface area contributed by atoms with E-state index in [0.29, 0.717) is 45.6 Å².